The minimum absolute atomic E-state index is 0.110. The fraction of sp³-hybridized carbons (Fsp3) is 0.222. The Labute approximate surface area is 140 Å². The van der Waals surface area contributed by atoms with Crippen molar-refractivity contribution in [2.45, 2.75) is 26.2 Å². The second-order valence-corrected chi connectivity index (χ2v) is 6.90. The normalized spacial score (nSPS) is 11.7. The first-order valence-electron chi connectivity index (χ1n) is 7.34. The molecule has 2 aromatic carbocycles. The van der Waals surface area contributed by atoms with Crippen molar-refractivity contribution < 1.29 is 4.52 Å². The molecule has 4 nitrogen and oxygen atoms in total. The van der Waals surface area contributed by atoms with Gasteiger partial charge in [-0.05, 0) is 29.2 Å². The maximum absolute atomic E-state index is 6.18. The van der Waals surface area contributed by atoms with Gasteiger partial charge in [0.1, 0.15) is 0 Å². The van der Waals surface area contributed by atoms with Gasteiger partial charge < -0.3 is 10.3 Å². The highest BCUT2D eigenvalue weighted by molar-refractivity contribution is 6.33. The molecule has 118 valence electrons. The smallest absolute Gasteiger partial charge is 0.259 e. The van der Waals surface area contributed by atoms with Crippen LogP contribution in [0.3, 0.4) is 0 Å². The van der Waals surface area contributed by atoms with Crippen LogP contribution in [0.2, 0.25) is 5.02 Å². The lowest BCUT2D eigenvalue weighted by Crippen LogP contribution is -2.10. The highest BCUT2D eigenvalue weighted by Gasteiger charge is 2.16. The van der Waals surface area contributed by atoms with Crippen LogP contribution in [0, 0.1) is 0 Å². The number of aromatic nitrogens is 2. The summed E-state index contributed by atoms with van der Waals surface area (Å²) in [6.07, 6.45) is 0. The van der Waals surface area contributed by atoms with Gasteiger partial charge in [0, 0.05) is 11.3 Å². The molecule has 0 spiro atoms. The number of benzene rings is 2. The molecule has 3 aromatic rings. The standard InChI is InChI=1S/C18H18ClN3O/c1-18(2,3)12-6-4-11(5-7-12)16-21-17(23-22-16)14-9-8-13(20)10-15(14)19/h4-10H,20H2,1-3H3. The van der Waals surface area contributed by atoms with E-state index in [0.29, 0.717) is 28.0 Å². The molecule has 0 radical (unpaired) electrons. The van der Waals surface area contributed by atoms with Gasteiger partial charge >= 0.3 is 0 Å². The summed E-state index contributed by atoms with van der Waals surface area (Å²) >= 11 is 6.18. The molecule has 0 bridgehead atoms. The number of hydrogen-bond acceptors (Lipinski definition) is 4. The van der Waals surface area contributed by atoms with E-state index >= 15 is 0 Å². The first-order chi connectivity index (χ1) is 10.8. The van der Waals surface area contributed by atoms with E-state index in [1.165, 1.54) is 5.56 Å². The van der Waals surface area contributed by atoms with Gasteiger partial charge in [0.2, 0.25) is 5.82 Å². The molecular weight excluding hydrogens is 310 g/mol. The Kier molecular flexibility index (Phi) is 3.86. The van der Waals surface area contributed by atoms with E-state index in [2.05, 4.69) is 43.0 Å². The van der Waals surface area contributed by atoms with Crippen LogP contribution in [-0.2, 0) is 5.41 Å². The molecule has 1 heterocycles. The minimum Gasteiger partial charge on any atom is -0.399 e. The van der Waals surface area contributed by atoms with Crippen LogP contribution in [0.1, 0.15) is 26.3 Å². The van der Waals surface area contributed by atoms with Crippen LogP contribution >= 0.6 is 11.6 Å². The van der Waals surface area contributed by atoms with Gasteiger partial charge in [-0.1, -0.05) is 61.8 Å². The minimum atomic E-state index is 0.110. The molecule has 3 rings (SSSR count). The fourth-order valence-corrected chi connectivity index (χ4v) is 2.54. The summed E-state index contributed by atoms with van der Waals surface area (Å²) in [6, 6.07) is 13.4. The number of rotatable bonds is 2. The Morgan fingerprint density at radius 3 is 2.35 bits per heavy atom. The van der Waals surface area contributed by atoms with E-state index in [-0.39, 0.29) is 5.41 Å². The molecule has 0 aliphatic carbocycles. The predicted molar refractivity (Wildman–Crippen MR) is 93.3 cm³/mol. The van der Waals surface area contributed by atoms with E-state index in [9.17, 15) is 0 Å². The Bertz CT molecular complexity index is 832. The summed E-state index contributed by atoms with van der Waals surface area (Å²) in [6.45, 7) is 6.53. The fourth-order valence-electron chi connectivity index (χ4n) is 2.27. The molecule has 0 fully saturated rings. The number of halogens is 1. The van der Waals surface area contributed by atoms with Crippen molar-refractivity contribution in [3.8, 4) is 22.8 Å². The summed E-state index contributed by atoms with van der Waals surface area (Å²) in [4.78, 5) is 4.43. The zero-order chi connectivity index (χ0) is 16.6. The number of nitrogen functional groups attached to an aromatic ring is 1. The van der Waals surface area contributed by atoms with Crippen molar-refractivity contribution in [1.29, 1.82) is 0 Å². The molecule has 0 aliphatic heterocycles. The van der Waals surface area contributed by atoms with Crippen LogP contribution in [0.4, 0.5) is 5.69 Å². The lowest BCUT2D eigenvalue weighted by molar-refractivity contribution is 0.432. The molecule has 23 heavy (non-hydrogen) atoms. The van der Waals surface area contributed by atoms with Gasteiger partial charge in [-0.3, -0.25) is 0 Å². The van der Waals surface area contributed by atoms with Crippen LogP contribution < -0.4 is 5.73 Å². The van der Waals surface area contributed by atoms with Gasteiger partial charge in [-0.25, -0.2) is 0 Å². The van der Waals surface area contributed by atoms with Gasteiger partial charge in [-0.15, -0.1) is 0 Å². The molecule has 0 atom stereocenters. The van der Waals surface area contributed by atoms with E-state index < -0.39 is 0 Å². The number of nitrogens with two attached hydrogens (primary N) is 1. The highest BCUT2D eigenvalue weighted by atomic mass is 35.5. The maximum Gasteiger partial charge on any atom is 0.259 e. The Hall–Kier alpha value is -2.33. The van der Waals surface area contributed by atoms with Gasteiger partial charge in [0.05, 0.1) is 10.6 Å². The topological polar surface area (TPSA) is 64.9 Å². The molecule has 5 heteroatoms. The van der Waals surface area contributed by atoms with E-state index in [1.54, 1.807) is 18.2 Å². The quantitative estimate of drug-likeness (QED) is 0.677. The second kappa shape index (κ2) is 5.70. The molecule has 2 N–H and O–H groups in total. The summed E-state index contributed by atoms with van der Waals surface area (Å²) in [7, 11) is 0. The SMILES string of the molecule is CC(C)(C)c1ccc(-c2noc(-c3ccc(N)cc3Cl)n2)cc1. The van der Waals surface area contributed by atoms with Crippen molar-refractivity contribution in [3.63, 3.8) is 0 Å². The Morgan fingerprint density at radius 1 is 1.04 bits per heavy atom. The van der Waals surface area contributed by atoms with Crippen LogP contribution in [-0.4, -0.2) is 10.1 Å². The second-order valence-electron chi connectivity index (χ2n) is 6.49. The average molecular weight is 328 g/mol. The highest BCUT2D eigenvalue weighted by Crippen LogP contribution is 2.30. The number of nitrogens with zero attached hydrogens (tertiary/aromatic N) is 2. The van der Waals surface area contributed by atoms with E-state index in [4.69, 9.17) is 21.9 Å². The predicted octanol–water partition coefficient (Wildman–Crippen LogP) is 4.94. The maximum atomic E-state index is 6.18. The van der Waals surface area contributed by atoms with Crippen molar-refractivity contribution in [1.82, 2.24) is 10.1 Å². The zero-order valence-electron chi connectivity index (χ0n) is 13.3. The molecule has 0 saturated heterocycles. The lowest BCUT2D eigenvalue weighted by Gasteiger charge is -2.18. The Morgan fingerprint density at radius 2 is 1.74 bits per heavy atom. The third kappa shape index (κ3) is 3.22. The first-order valence-corrected chi connectivity index (χ1v) is 7.72. The largest absolute Gasteiger partial charge is 0.399 e. The number of anilines is 1. The van der Waals surface area contributed by atoms with E-state index in [0.717, 1.165) is 5.56 Å². The lowest BCUT2D eigenvalue weighted by atomic mass is 9.87. The van der Waals surface area contributed by atoms with Gasteiger partial charge in [-0.2, -0.15) is 4.98 Å². The summed E-state index contributed by atoms with van der Waals surface area (Å²) < 4.78 is 5.34. The monoisotopic (exact) mass is 327 g/mol. The Balaban J connectivity index is 1.93. The molecule has 0 aliphatic rings. The third-order valence-corrected chi connectivity index (χ3v) is 3.97. The summed E-state index contributed by atoms with van der Waals surface area (Å²) in [5.41, 5.74) is 9.23. The summed E-state index contributed by atoms with van der Waals surface area (Å²) in [5.74, 6) is 0.915. The molecule has 1 aromatic heterocycles. The summed E-state index contributed by atoms with van der Waals surface area (Å²) in [5, 5.41) is 4.53. The molecule has 0 unspecified atom stereocenters. The van der Waals surface area contributed by atoms with Crippen molar-refractivity contribution in [3.05, 3.63) is 53.1 Å². The molecular formula is C18H18ClN3O. The third-order valence-electron chi connectivity index (χ3n) is 3.66. The van der Waals surface area contributed by atoms with Gasteiger partial charge in [0.25, 0.3) is 5.89 Å². The van der Waals surface area contributed by atoms with Crippen molar-refractivity contribution in [2.24, 2.45) is 0 Å². The zero-order valence-corrected chi connectivity index (χ0v) is 14.1. The van der Waals surface area contributed by atoms with Crippen molar-refractivity contribution >= 4 is 17.3 Å². The van der Waals surface area contributed by atoms with Crippen LogP contribution in [0.25, 0.3) is 22.8 Å². The van der Waals surface area contributed by atoms with Crippen molar-refractivity contribution in [2.75, 3.05) is 5.73 Å². The first kappa shape index (κ1) is 15.6. The van der Waals surface area contributed by atoms with Crippen LogP contribution in [0.15, 0.2) is 47.0 Å². The molecule has 0 saturated carbocycles. The number of hydrogen-bond donors (Lipinski definition) is 1. The van der Waals surface area contributed by atoms with Gasteiger partial charge in [0.15, 0.2) is 0 Å². The average Bonchev–Trinajstić information content (AvgIpc) is 2.96. The van der Waals surface area contributed by atoms with Crippen LogP contribution in [0.5, 0.6) is 0 Å². The van der Waals surface area contributed by atoms with E-state index in [1.807, 2.05) is 12.1 Å². The molecule has 0 amide bonds.